The number of aliphatic hydroxyl groups excluding tert-OH is 2. The third kappa shape index (κ3) is 2.44. The van der Waals surface area contributed by atoms with Crippen LogP contribution in [0.1, 0.15) is 12.0 Å². The van der Waals surface area contributed by atoms with Crippen molar-refractivity contribution >= 4 is 11.4 Å². The molecule has 0 saturated carbocycles. The van der Waals surface area contributed by atoms with Gasteiger partial charge in [0.25, 0.3) is 5.69 Å². The average molecular weight is 252 g/mol. The van der Waals surface area contributed by atoms with E-state index in [4.69, 9.17) is 10.2 Å². The fraction of sp³-hybridized carbons (Fsp3) is 0.500. The SMILES string of the molecule is O=[N+]([O-])c1cc(CO)ccc1N1CCC(CO)C1. The van der Waals surface area contributed by atoms with Gasteiger partial charge in [0.05, 0.1) is 11.5 Å². The van der Waals surface area contributed by atoms with E-state index in [0.29, 0.717) is 24.3 Å². The Bertz CT molecular complexity index is 450. The fourth-order valence-electron chi connectivity index (χ4n) is 2.28. The van der Waals surface area contributed by atoms with Crippen LogP contribution in [0.4, 0.5) is 11.4 Å². The lowest BCUT2D eigenvalue weighted by Gasteiger charge is -2.18. The molecule has 6 heteroatoms. The molecule has 1 aliphatic heterocycles. The Labute approximate surface area is 105 Å². The van der Waals surface area contributed by atoms with E-state index < -0.39 is 4.92 Å². The molecule has 1 fully saturated rings. The summed E-state index contributed by atoms with van der Waals surface area (Å²) in [5, 5.41) is 29.2. The van der Waals surface area contributed by atoms with Crippen molar-refractivity contribution in [3.05, 3.63) is 33.9 Å². The molecule has 1 atom stereocenters. The number of nitrogens with zero attached hydrogens (tertiary/aromatic N) is 2. The van der Waals surface area contributed by atoms with Crippen LogP contribution in [0.15, 0.2) is 18.2 Å². The molecule has 6 nitrogen and oxygen atoms in total. The smallest absolute Gasteiger partial charge is 0.292 e. The Morgan fingerprint density at radius 3 is 2.78 bits per heavy atom. The molecule has 0 amide bonds. The highest BCUT2D eigenvalue weighted by Crippen LogP contribution is 2.32. The first-order valence-corrected chi connectivity index (χ1v) is 5.89. The van der Waals surface area contributed by atoms with Gasteiger partial charge >= 0.3 is 0 Å². The lowest BCUT2D eigenvalue weighted by atomic mass is 10.1. The van der Waals surface area contributed by atoms with Gasteiger partial charge in [-0.05, 0) is 18.1 Å². The van der Waals surface area contributed by atoms with Gasteiger partial charge in [-0.2, -0.15) is 0 Å². The monoisotopic (exact) mass is 252 g/mol. The number of rotatable bonds is 4. The molecule has 1 unspecified atom stereocenters. The van der Waals surface area contributed by atoms with Crippen LogP contribution in [0.2, 0.25) is 0 Å². The van der Waals surface area contributed by atoms with Crippen molar-refractivity contribution in [2.45, 2.75) is 13.0 Å². The highest BCUT2D eigenvalue weighted by molar-refractivity contribution is 5.64. The zero-order chi connectivity index (χ0) is 13.1. The van der Waals surface area contributed by atoms with E-state index in [1.807, 2.05) is 4.90 Å². The Kier molecular flexibility index (Phi) is 3.78. The molecule has 1 aliphatic rings. The molecular weight excluding hydrogens is 236 g/mol. The predicted octanol–water partition coefficient (Wildman–Crippen LogP) is 0.906. The lowest BCUT2D eigenvalue weighted by Crippen LogP contribution is -2.21. The first-order chi connectivity index (χ1) is 8.65. The van der Waals surface area contributed by atoms with Gasteiger partial charge in [-0.1, -0.05) is 6.07 Å². The highest BCUT2D eigenvalue weighted by atomic mass is 16.6. The maximum atomic E-state index is 11.0. The molecule has 1 heterocycles. The zero-order valence-electron chi connectivity index (χ0n) is 9.95. The normalized spacial score (nSPS) is 19.2. The van der Waals surface area contributed by atoms with Gasteiger partial charge in [0.2, 0.25) is 0 Å². The molecule has 2 N–H and O–H groups in total. The van der Waals surface area contributed by atoms with Crippen LogP contribution in [0.5, 0.6) is 0 Å². The van der Waals surface area contributed by atoms with E-state index in [2.05, 4.69) is 0 Å². The van der Waals surface area contributed by atoms with Gasteiger partial charge in [-0.3, -0.25) is 10.1 Å². The minimum absolute atomic E-state index is 0.0140. The third-order valence-corrected chi connectivity index (χ3v) is 3.30. The van der Waals surface area contributed by atoms with Crippen LogP contribution < -0.4 is 4.90 Å². The molecule has 0 radical (unpaired) electrons. The summed E-state index contributed by atoms with van der Waals surface area (Å²) in [6.45, 7) is 1.25. The minimum atomic E-state index is -0.430. The second-order valence-electron chi connectivity index (χ2n) is 4.52. The third-order valence-electron chi connectivity index (χ3n) is 3.30. The number of hydrogen-bond acceptors (Lipinski definition) is 5. The van der Waals surface area contributed by atoms with Crippen LogP contribution in [0.25, 0.3) is 0 Å². The van der Waals surface area contributed by atoms with Gasteiger partial charge < -0.3 is 15.1 Å². The Hall–Kier alpha value is -1.66. The largest absolute Gasteiger partial charge is 0.396 e. The molecule has 0 bridgehead atoms. The quantitative estimate of drug-likeness (QED) is 0.614. The van der Waals surface area contributed by atoms with Crippen molar-refractivity contribution in [3.8, 4) is 0 Å². The summed E-state index contributed by atoms with van der Waals surface area (Å²) in [7, 11) is 0. The average Bonchev–Trinajstić information content (AvgIpc) is 2.86. The summed E-state index contributed by atoms with van der Waals surface area (Å²) in [5.74, 6) is 0.183. The van der Waals surface area contributed by atoms with Gasteiger partial charge in [0.15, 0.2) is 0 Å². The molecule has 1 aromatic rings. The molecule has 18 heavy (non-hydrogen) atoms. The predicted molar refractivity (Wildman–Crippen MR) is 66.4 cm³/mol. The van der Waals surface area contributed by atoms with Crippen molar-refractivity contribution in [2.24, 2.45) is 5.92 Å². The summed E-state index contributed by atoms with van der Waals surface area (Å²) in [5.41, 5.74) is 1.11. The molecule has 0 spiro atoms. The first kappa shape index (κ1) is 12.8. The topological polar surface area (TPSA) is 86.8 Å². The molecular formula is C12H16N2O4. The van der Waals surface area contributed by atoms with E-state index in [1.54, 1.807) is 12.1 Å². The van der Waals surface area contributed by atoms with Crippen LogP contribution in [0, 0.1) is 16.0 Å². The Morgan fingerprint density at radius 1 is 1.44 bits per heavy atom. The van der Waals surface area contributed by atoms with Crippen LogP contribution >= 0.6 is 0 Å². The molecule has 0 aromatic heterocycles. The highest BCUT2D eigenvalue weighted by Gasteiger charge is 2.27. The number of anilines is 1. The molecule has 0 aliphatic carbocycles. The van der Waals surface area contributed by atoms with E-state index in [-0.39, 0.29) is 24.8 Å². The van der Waals surface area contributed by atoms with Crippen LogP contribution in [-0.4, -0.2) is 34.8 Å². The van der Waals surface area contributed by atoms with Crippen molar-refractivity contribution in [3.63, 3.8) is 0 Å². The van der Waals surface area contributed by atoms with Gasteiger partial charge in [0, 0.05) is 31.7 Å². The molecule has 2 rings (SSSR count). The fourth-order valence-corrected chi connectivity index (χ4v) is 2.28. The lowest BCUT2D eigenvalue weighted by molar-refractivity contribution is -0.384. The molecule has 1 saturated heterocycles. The van der Waals surface area contributed by atoms with Crippen LogP contribution in [0.3, 0.4) is 0 Å². The number of nitro benzene ring substituents is 1. The van der Waals surface area contributed by atoms with Crippen molar-refractivity contribution < 1.29 is 15.1 Å². The van der Waals surface area contributed by atoms with Gasteiger partial charge in [-0.15, -0.1) is 0 Å². The summed E-state index contributed by atoms with van der Waals surface area (Å²) >= 11 is 0. The van der Waals surface area contributed by atoms with Crippen molar-refractivity contribution in [2.75, 3.05) is 24.6 Å². The van der Waals surface area contributed by atoms with Crippen molar-refractivity contribution in [1.29, 1.82) is 0 Å². The summed E-state index contributed by atoms with van der Waals surface area (Å²) < 4.78 is 0. The molecule has 98 valence electrons. The number of aliphatic hydroxyl groups is 2. The van der Waals surface area contributed by atoms with E-state index in [0.717, 1.165) is 6.42 Å². The second-order valence-corrected chi connectivity index (χ2v) is 4.52. The summed E-state index contributed by atoms with van der Waals surface area (Å²) in [4.78, 5) is 12.5. The number of benzene rings is 1. The second kappa shape index (κ2) is 5.32. The minimum Gasteiger partial charge on any atom is -0.396 e. The first-order valence-electron chi connectivity index (χ1n) is 5.89. The van der Waals surface area contributed by atoms with E-state index in [9.17, 15) is 10.1 Å². The number of nitro groups is 1. The summed E-state index contributed by atoms with van der Waals surface area (Å²) in [6.07, 6.45) is 0.843. The zero-order valence-corrected chi connectivity index (χ0v) is 9.95. The van der Waals surface area contributed by atoms with Crippen molar-refractivity contribution in [1.82, 2.24) is 0 Å². The van der Waals surface area contributed by atoms with Gasteiger partial charge in [-0.25, -0.2) is 0 Å². The van der Waals surface area contributed by atoms with Crippen LogP contribution in [-0.2, 0) is 6.61 Å². The van der Waals surface area contributed by atoms with E-state index in [1.165, 1.54) is 6.07 Å². The Balaban J connectivity index is 2.30. The van der Waals surface area contributed by atoms with Gasteiger partial charge in [0.1, 0.15) is 5.69 Å². The number of hydrogen-bond donors (Lipinski definition) is 2. The Morgan fingerprint density at radius 2 is 2.22 bits per heavy atom. The standard InChI is InChI=1S/C12H16N2O4/c15-7-9-1-2-11(12(5-9)14(17)18)13-4-3-10(6-13)8-16/h1-2,5,10,15-16H,3-4,6-8H2. The molecule has 1 aromatic carbocycles. The van der Waals surface area contributed by atoms with E-state index >= 15 is 0 Å². The maximum Gasteiger partial charge on any atom is 0.292 e. The maximum absolute atomic E-state index is 11.0. The summed E-state index contributed by atoms with van der Waals surface area (Å²) in [6, 6.07) is 4.76.